The van der Waals surface area contributed by atoms with E-state index in [4.69, 9.17) is 14.6 Å². The van der Waals surface area contributed by atoms with E-state index in [1.165, 1.54) is 37.4 Å². The highest BCUT2D eigenvalue weighted by Gasteiger charge is 2.31. The number of hydrogen-bond donors (Lipinski definition) is 1. The summed E-state index contributed by atoms with van der Waals surface area (Å²) in [4.78, 5) is 22.7. The third kappa shape index (κ3) is 5.44. The van der Waals surface area contributed by atoms with E-state index < -0.39 is 40.7 Å². The Hall–Kier alpha value is -3.14. The molecular formula is C19H20FNO7S. The first-order valence-corrected chi connectivity index (χ1v) is 9.95. The lowest BCUT2D eigenvalue weighted by atomic mass is 10.1. The van der Waals surface area contributed by atoms with E-state index in [1.54, 1.807) is 6.92 Å². The predicted molar refractivity (Wildman–Crippen MR) is 102 cm³/mol. The quantitative estimate of drug-likeness (QED) is 0.614. The molecule has 0 unspecified atom stereocenters. The van der Waals surface area contributed by atoms with Crippen LogP contribution < -0.4 is 9.04 Å². The Labute approximate surface area is 167 Å². The third-order valence-corrected chi connectivity index (χ3v) is 5.64. The molecule has 8 nitrogen and oxygen atoms in total. The van der Waals surface area contributed by atoms with Crippen molar-refractivity contribution in [1.82, 2.24) is 0 Å². The number of ether oxygens (including phenoxy) is 2. The maximum absolute atomic E-state index is 13.4. The zero-order chi connectivity index (χ0) is 21.6. The standard InChI is InChI=1S/C19H20FNO7S/c1-3-28-19(24)12-21(15-7-5-14(20)6-8-15)29(25,26)17-10-13(11-18(22)23)4-9-16(17)27-2/h4-10H,3,11-12H2,1-2H3,(H,22,23). The molecule has 1 N–H and O–H groups in total. The van der Waals surface area contributed by atoms with Crippen LogP contribution in [0.25, 0.3) is 0 Å². The van der Waals surface area contributed by atoms with Gasteiger partial charge in [0.1, 0.15) is 23.0 Å². The van der Waals surface area contributed by atoms with Crippen LogP contribution in [-0.2, 0) is 30.8 Å². The predicted octanol–water partition coefficient (Wildman–Crippen LogP) is 2.22. The second-order valence-electron chi connectivity index (χ2n) is 5.85. The highest BCUT2D eigenvalue weighted by molar-refractivity contribution is 7.93. The van der Waals surface area contributed by atoms with Crippen molar-refractivity contribution < 1.29 is 37.0 Å². The number of anilines is 1. The highest BCUT2D eigenvalue weighted by Crippen LogP contribution is 2.31. The molecule has 29 heavy (non-hydrogen) atoms. The fraction of sp³-hybridized carbons (Fsp3) is 0.263. The summed E-state index contributed by atoms with van der Waals surface area (Å²) in [7, 11) is -3.13. The van der Waals surface area contributed by atoms with Gasteiger partial charge in [-0.1, -0.05) is 6.07 Å². The minimum Gasteiger partial charge on any atom is -0.495 e. The first kappa shape index (κ1) is 22.2. The Morgan fingerprint density at radius 2 is 1.79 bits per heavy atom. The summed E-state index contributed by atoms with van der Waals surface area (Å²) in [5, 5.41) is 8.99. The summed E-state index contributed by atoms with van der Waals surface area (Å²) >= 11 is 0. The molecule has 2 aromatic carbocycles. The number of benzene rings is 2. The second-order valence-corrected chi connectivity index (χ2v) is 7.68. The Morgan fingerprint density at radius 3 is 2.34 bits per heavy atom. The van der Waals surface area contributed by atoms with Crippen LogP contribution in [0.5, 0.6) is 5.75 Å². The molecule has 2 rings (SSSR count). The van der Waals surface area contributed by atoms with Gasteiger partial charge in [0.05, 0.1) is 25.8 Å². The Balaban J connectivity index is 2.60. The first-order chi connectivity index (χ1) is 13.7. The number of rotatable bonds is 9. The molecule has 0 atom stereocenters. The number of esters is 1. The van der Waals surface area contributed by atoms with E-state index in [0.717, 1.165) is 16.4 Å². The molecule has 2 aromatic rings. The van der Waals surface area contributed by atoms with Gasteiger partial charge in [0.15, 0.2) is 0 Å². The molecule has 0 saturated carbocycles. The van der Waals surface area contributed by atoms with Gasteiger partial charge in [-0.15, -0.1) is 0 Å². The Kier molecular flexibility index (Phi) is 7.16. The summed E-state index contributed by atoms with van der Waals surface area (Å²) in [5.74, 6) is -2.56. The van der Waals surface area contributed by atoms with Gasteiger partial charge in [-0.25, -0.2) is 12.8 Å². The number of carboxylic acids is 1. The summed E-state index contributed by atoms with van der Waals surface area (Å²) in [6.07, 6.45) is -0.402. The monoisotopic (exact) mass is 425 g/mol. The van der Waals surface area contributed by atoms with E-state index >= 15 is 0 Å². The summed E-state index contributed by atoms with van der Waals surface area (Å²) < 4.78 is 50.8. The maximum atomic E-state index is 13.4. The Morgan fingerprint density at radius 1 is 1.14 bits per heavy atom. The zero-order valence-electron chi connectivity index (χ0n) is 15.8. The van der Waals surface area contributed by atoms with Gasteiger partial charge in [0.2, 0.25) is 0 Å². The lowest BCUT2D eigenvalue weighted by molar-refractivity contribution is -0.141. The minimum atomic E-state index is -4.39. The van der Waals surface area contributed by atoms with Crippen molar-refractivity contribution in [3.63, 3.8) is 0 Å². The highest BCUT2D eigenvalue weighted by atomic mass is 32.2. The van der Waals surface area contributed by atoms with Gasteiger partial charge in [-0.3, -0.25) is 13.9 Å². The fourth-order valence-electron chi connectivity index (χ4n) is 2.57. The van der Waals surface area contributed by atoms with Crippen molar-refractivity contribution in [2.45, 2.75) is 18.2 Å². The minimum absolute atomic E-state index is 0.0323. The lowest BCUT2D eigenvalue weighted by Gasteiger charge is -2.24. The third-order valence-electron chi connectivity index (χ3n) is 3.84. The topological polar surface area (TPSA) is 110 Å². The Bertz CT molecular complexity index is 990. The number of nitrogens with zero attached hydrogens (tertiary/aromatic N) is 1. The smallest absolute Gasteiger partial charge is 0.326 e. The molecule has 0 aliphatic heterocycles. The van der Waals surface area contributed by atoms with Gasteiger partial charge < -0.3 is 14.6 Å². The number of aliphatic carboxylic acids is 1. The molecule has 0 aromatic heterocycles. The van der Waals surface area contributed by atoms with Gasteiger partial charge in [0.25, 0.3) is 10.0 Å². The number of carbonyl (C=O) groups excluding carboxylic acids is 1. The van der Waals surface area contributed by atoms with Crippen LogP contribution in [0.1, 0.15) is 12.5 Å². The fourth-order valence-corrected chi connectivity index (χ4v) is 4.19. The van der Waals surface area contributed by atoms with Crippen LogP contribution >= 0.6 is 0 Å². The molecule has 0 amide bonds. The molecule has 0 aliphatic carbocycles. The van der Waals surface area contributed by atoms with Crippen LogP contribution in [0.3, 0.4) is 0 Å². The number of carboxylic acid groups (broad SMARTS) is 1. The summed E-state index contributed by atoms with van der Waals surface area (Å²) in [5.41, 5.74) is 0.261. The summed E-state index contributed by atoms with van der Waals surface area (Å²) in [6.45, 7) is 0.967. The number of halogens is 1. The van der Waals surface area contributed by atoms with E-state index in [9.17, 15) is 22.4 Å². The van der Waals surface area contributed by atoms with Gasteiger partial charge in [-0.05, 0) is 48.9 Å². The number of sulfonamides is 1. The van der Waals surface area contributed by atoms with Crippen LogP contribution in [0.2, 0.25) is 0 Å². The molecule has 0 fully saturated rings. The first-order valence-electron chi connectivity index (χ1n) is 8.51. The van der Waals surface area contributed by atoms with E-state index in [1.807, 2.05) is 0 Å². The molecule has 156 valence electrons. The SMILES string of the molecule is CCOC(=O)CN(c1ccc(F)cc1)S(=O)(=O)c1cc(CC(=O)O)ccc1OC. The molecule has 0 aliphatic rings. The van der Waals surface area contributed by atoms with Gasteiger partial charge in [-0.2, -0.15) is 0 Å². The van der Waals surface area contributed by atoms with Gasteiger partial charge in [0, 0.05) is 0 Å². The molecule has 0 bridgehead atoms. The van der Waals surface area contributed by atoms with Crippen molar-refractivity contribution >= 4 is 27.6 Å². The van der Waals surface area contributed by atoms with E-state index in [2.05, 4.69) is 0 Å². The van der Waals surface area contributed by atoms with Crippen LogP contribution in [0.15, 0.2) is 47.4 Å². The van der Waals surface area contributed by atoms with Crippen LogP contribution in [0, 0.1) is 5.82 Å². The van der Waals surface area contributed by atoms with Crippen LogP contribution in [-0.4, -0.2) is 45.7 Å². The normalized spacial score (nSPS) is 11.0. The second kappa shape index (κ2) is 9.37. The lowest BCUT2D eigenvalue weighted by Crippen LogP contribution is -2.37. The molecular weight excluding hydrogens is 405 g/mol. The average Bonchev–Trinajstić information content (AvgIpc) is 2.66. The molecule has 0 radical (unpaired) electrons. The van der Waals surface area contributed by atoms with E-state index in [0.29, 0.717) is 0 Å². The molecule has 0 heterocycles. The average molecular weight is 425 g/mol. The molecule has 0 saturated heterocycles. The van der Waals surface area contributed by atoms with Crippen molar-refractivity contribution in [1.29, 1.82) is 0 Å². The van der Waals surface area contributed by atoms with Crippen molar-refractivity contribution in [3.05, 3.63) is 53.8 Å². The maximum Gasteiger partial charge on any atom is 0.326 e. The van der Waals surface area contributed by atoms with Gasteiger partial charge >= 0.3 is 11.9 Å². The zero-order valence-corrected chi connectivity index (χ0v) is 16.6. The number of hydrogen-bond acceptors (Lipinski definition) is 6. The molecule has 10 heteroatoms. The van der Waals surface area contributed by atoms with Crippen molar-refractivity contribution in [3.8, 4) is 5.75 Å². The largest absolute Gasteiger partial charge is 0.495 e. The van der Waals surface area contributed by atoms with Crippen molar-refractivity contribution in [2.24, 2.45) is 0 Å². The molecule has 0 spiro atoms. The van der Waals surface area contributed by atoms with Crippen molar-refractivity contribution in [2.75, 3.05) is 24.6 Å². The number of methoxy groups -OCH3 is 1. The van der Waals surface area contributed by atoms with E-state index in [-0.39, 0.29) is 28.5 Å². The number of carbonyl (C=O) groups is 2. The van der Waals surface area contributed by atoms with Crippen LogP contribution in [0.4, 0.5) is 10.1 Å². The summed E-state index contributed by atoms with van der Waals surface area (Å²) in [6, 6.07) is 8.46.